The third kappa shape index (κ3) is 4.99. The largest absolute Gasteiger partial charge is 0.508 e. The van der Waals surface area contributed by atoms with Gasteiger partial charge in [0.05, 0.1) is 11.0 Å². The molecule has 2 N–H and O–H groups in total. The number of hydrogen-bond donors (Lipinski definition) is 2. The fourth-order valence-corrected chi connectivity index (χ4v) is 5.59. The normalized spacial score (nSPS) is 20.3. The van der Waals surface area contributed by atoms with E-state index in [4.69, 9.17) is 4.74 Å². The van der Waals surface area contributed by atoms with Crippen LogP contribution in [0.2, 0.25) is 0 Å². The minimum Gasteiger partial charge on any atom is -0.508 e. The van der Waals surface area contributed by atoms with Gasteiger partial charge in [0, 0.05) is 13.0 Å². The topological polar surface area (TPSA) is 95.9 Å². The Labute approximate surface area is 207 Å². The van der Waals surface area contributed by atoms with Crippen LogP contribution in [0.15, 0.2) is 66.0 Å². The molecule has 3 heterocycles. The molecule has 0 bridgehead atoms. The summed E-state index contributed by atoms with van der Waals surface area (Å²) in [5, 5.41) is 14.5. The maximum atomic E-state index is 13.7. The van der Waals surface area contributed by atoms with Crippen LogP contribution >= 0.6 is 11.3 Å². The highest BCUT2D eigenvalue weighted by molar-refractivity contribution is 7.12. The van der Waals surface area contributed by atoms with Gasteiger partial charge in [0.25, 0.3) is 5.91 Å². The van der Waals surface area contributed by atoms with Crippen molar-refractivity contribution < 1.29 is 24.2 Å². The summed E-state index contributed by atoms with van der Waals surface area (Å²) in [5.74, 6) is -0.597. The van der Waals surface area contributed by atoms with E-state index in [1.165, 1.54) is 11.3 Å². The molecule has 0 saturated carbocycles. The summed E-state index contributed by atoms with van der Waals surface area (Å²) in [4.78, 5) is 41.5. The van der Waals surface area contributed by atoms with Crippen molar-refractivity contribution in [2.75, 3.05) is 13.2 Å². The minimum absolute atomic E-state index is 0.0194. The molecular weight excluding hydrogens is 464 g/mol. The molecule has 2 aliphatic heterocycles. The molecular formula is C27H26N2O5S. The first-order chi connectivity index (χ1) is 17.0. The molecule has 3 unspecified atom stereocenters. The van der Waals surface area contributed by atoms with E-state index in [0.717, 1.165) is 29.5 Å². The Morgan fingerprint density at radius 1 is 1.11 bits per heavy atom. The number of likely N-dealkylation sites (tertiary alicyclic amines) is 1. The average Bonchev–Trinajstić information content (AvgIpc) is 3.53. The van der Waals surface area contributed by atoms with Crippen molar-refractivity contribution in [3.63, 3.8) is 0 Å². The van der Waals surface area contributed by atoms with Crippen LogP contribution in [0.3, 0.4) is 0 Å². The lowest BCUT2D eigenvalue weighted by Crippen LogP contribution is -2.58. The minimum atomic E-state index is -0.860. The number of Topliss-reactive ketones (excluding diaryl/α,β-unsaturated/α-hetero) is 1. The highest BCUT2D eigenvalue weighted by atomic mass is 32.1. The number of ether oxygens (including phenoxy) is 1. The zero-order valence-corrected chi connectivity index (χ0v) is 19.9. The van der Waals surface area contributed by atoms with Gasteiger partial charge in [-0.05, 0) is 53.1 Å². The Bertz CT molecular complexity index is 1220. The number of amides is 2. The average molecular weight is 491 g/mol. The van der Waals surface area contributed by atoms with Crippen molar-refractivity contribution in [1.29, 1.82) is 0 Å². The fourth-order valence-electron chi connectivity index (χ4n) is 4.77. The molecule has 7 nitrogen and oxygen atoms in total. The number of nitrogens with one attached hydrogen (secondary N) is 1. The summed E-state index contributed by atoms with van der Waals surface area (Å²) in [5.41, 5.74) is 2.74. The van der Waals surface area contributed by atoms with Gasteiger partial charge in [-0.15, -0.1) is 11.3 Å². The molecule has 3 aromatic rings. The van der Waals surface area contributed by atoms with Gasteiger partial charge in [0.1, 0.15) is 24.4 Å². The molecule has 2 aromatic carbocycles. The summed E-state index contributed by atoms with van der Waals surface area (Å²) in [6, 6.07) is 16.7. The molecule has 3 atom stereocenters. The number of phenolic OH excluding ortho intramolecular Hbond substituents is 1. The molecule has 0 spiro atoms. The second kappa shape index (κ2) is 10.0. The van der Waals surface area contributed by atoms with E-state index < -0.39 is 12.1 Å². The maximum absolute atomic E-state index is 13.7. The molecule has 5 rings (SSSR count). The van der Waals surface area contributed by atoms with Crippen LogP contribution in [-0.2, 0) is 20.7 Å². The predicted octanol–water partition coefficient (Wildman–Crippen LogP) is 3.42. The van der Waals surface area contributed by atoms with Crippen LogP contribution in [0.25, 0.3) is 11.1 Å². The summed E-state index contributed by atoms with van der Waals surface area (Å²) < 4.78 is 5.60. The van der Waals surface area contributed by atoms with Crippen LogP contribution in [0.5, 0.6) is 5.75 Å². The highest BCUT2D eigenvalue weighted by Gasteiger charge is 2.45. The maximum Gasteiger partial charge on any atom is 0.262 e. The smallest absolute Gasteiger partial charge is 0.262 e. The van der Waals surface area contributed by atoms with Crippen molar-refractivity contribution in [3.05, 3.63) is 76.5 Å². The van der Waals surface area contributed by atoms with E-state index in [1.807, 2.05) is 41.8 Å². The van der Waals surface area contributed by atoms with E-state index in [2.05, 4.69) is 5.32 Å². The predicted molar refractivity (Wildman–Crippen MR) is 132 cm³/mol. The van der Waals surface area contributed by atoms with E-state index >= 15 is 0 Å². The molecule has 2 saturated heterocycles. The zero-order valence-electron chi connectivity index (χ0n) is 19.1. The first kappa shape index (κ1) is 23.3. The number of aromatic hydroxyl groups is 1. The summed E-state index contributed by atoms with van der Waals surface area (Å²) >= 11 is 1.32. The number of carbonyl (C=O) groups excluding carboxylic acids is 3. The molecule has 1 aromatic heterocycles. The summed E-state index contributed by atoms with van der Waals surface area (Å²) in [6.45, 7) is 0.472. The second-order valence-electron chi connectivity index (χ2n) is 8.90. The number of thiophene rings is 1. The molecule has 0 radical (unpaired) electrons. The monoisotopic (exact) mass is 490 g/mol. The van der Waals surface area contributed by atoms with Crippen LogP contribution in [0, 0.1) is 0 Å². The van der Waals surface area contributed by atoms with Crippen molar-refractivity contribution in [3.8, 4) is 16.9 Å². The van der Waals surface area contributed by atoms with E-state index in [0.29, 0.717) is 11.4 Å². The van der Waals surface area contributed by atoms with Gasteiger partial charge in [-0.25, -0.2) is 0 Å². The standard InChI is InChI=1S/C27H26N2O5S/c30-20-10-8-17(9-11-20)13-21(27(33)29-12-4-7-23-25(29)22(31)15-34-23)28-26(32)24-14-19(16-35-24)18-5-2-1-3-6-18/h1-3,5-6,8-11,14,16,21,23,25,30H,4,7,12-13,15H2,(H,28,32). The van der Waals surface area contributed by atoms with Crippen LogP contribution < -0.4 is 5.32 Å². The Morgan fingerprint density at radius 2 is 1.89 bits per heavy atom. The van der Waals surface area contributed by atoms with Gasteiger partial charge in [-0.1, -0.05) is 42.5 Å². The third-order valence-corrected chi connectivity index (χ3v) is 7.47. The van der Waals surface area contributed by atoms with Crippen LogP contribution in [0.1, 0.15) is 28.1 Å². The summed E-state index contributed by atoms with van der Waals surface area (Å²) in [6.07, 6.45) is 1.44. The third-order valence-electron chi connectivity index (χ3n) is 6.54. The number of phenols is 1. The van der Waals surface area contributed by atoms with Gasteiger partial charge >= 0.3 is 0 Å². The molecule has 35 heavy (non-hydrogen) atoms. The van der Waals surface area contributed by atoms with Crippen LogP contribution in [0.4, 0.5) is 0 Å². The fraction of sp³-hybridized carbons (Fsp3) is 0.296. The van der Waals surface area contributed by atoms with Gasteiger partial charge in [0.15, 0.2) is 5.78 Å². The van der Waals surface area contributed by atoms with E-state index in [9.17, 15) is 19.5 Å². The first-order valence-electron chi connectivity index (χ1n) is 11.7. The number of nitrogens with zero attached hydrogens (tertiary/aromatic N) is 1. The molecule has 0 aliphatic carbocycles. The van der Waals surface area contributed by atoms with Gasteiger partial charge in [0.2, 0.25) is 5.91 Å². The van der Waals surface area contributed by atoms with E-state index in [-0.39, 0.29) is 42.5 Å². The van der Waals surface area contributed by atoms with Crippen LogP contribution in [-0.4, -0.2) is 58.9 Å². The van der Waals surface area contributed by atoms with Crippen molar-refractivity contribution in [1.82, 2.24) is 10.2 Å². The summed E-state index contributed by atoms with van der Waals surface area (Å²) in [7, 11) is 0. The molecule has 2 aliphatic rings. The SMILES string of the molecule is O=C(NC(Cc1ccc(O)cc1)C(=O)N1CCCC2OCC(=O)C21)c1cc(-c2ccccc2)cs1. The molecule has 2 fully saturated rings. The zero-order chi connectivity index (χ0) is 24.4. The van der Waals surface area contributed by atoms with Gasteiger partial charge < -0.3 is 20.1 Å². The lowest BCUT2D eigenvalue weighted by atomic mass is 9.95. The first-order valence-corrected chi connectivity index (χ1v) is 12.5. The van der Waals surface area contributed by atoms with Crippen molar-refractivity contribution >= 4 is 28.9 Å². The Hall–Kier alpha value is -3.49. The number of carbonyl (C=O) groups is 3. The lowest BCUT2D eigenvalue weighted by molar-refractivity contribution is -0.142. The lowest BCUT2D eigenvalue weighted by Gasteiger charge is -2.37. The Morgan fingerprint density at radius 3 is 2.66 bits per heavy atom. The Balaban J connectivity index is 1.38. The number of hydrogen-bond acceptors (Lipinski definition) is 6. The number of piperidine rings is 1. The van der Waals surface area contributed by atoms with Crippen molar-refractivity contribution in [2.45, 2.75) is 37.5 Å². The highest BCUT2D eigenvalue weighted by Crippen LogP contribution is 2.28. The molecule has 2 amide bonds. The Kier molecular flexibility index (Phi) is 6.66. The number of fused-ring (bicyclic) bond motifs is 1. The van der Waals surface area contributed by atoms with Gasteiger partial charge in [-0.2, -0.15) is 0 Å². The number of ketones is 1. The molecule has 8 heteroatoms. The van der Waals surface area contributed by atoms with E-state index in [1.54, 1.807) is 29.2 Å². The van der Waals surface area contributed by atoms with Crippen molar-refractivity contribution in [2.24, 2.45) is 0 Å². The molecule has 180 valence electrons. The van der Waals surface area contributed by atoms with Gasteiger partial charge in [-0.3, -0.25) is 14.4 Å². The number of rotatable bonds is 6. The second-order valence-corrected chi connectivity index (χ2v) is 9.81. The number of benzene rings is 2. The quantitative estimate of drug-likeness (QED) is 0.552.